The van der Waals surface area contributed by atoms with Gasteiger partial charge in [0.05, 0.1) is 4.92 Å². The molecule has 0 amide bonds. The van der Waals surface area contributed by atoms with E-state index >= 15 is 0 Å². The van der Waals surface area contributed by atoms with E-state index in [-0.39, 0.29) is 10.6 Å². The molecule has 0 aliphatic carbocycles. The number of para-hydroxylation sites is 2. The highest BCUT2D eigenvalue weighted by Crippen LogP contribution is 2.27. The summed E-state index contributed by atoms with van der Waals surface area (Å²) in [7, 11) is 1.92. The van der Waals surface area contributed by atoms with Crippen LogP contribution in [0.15, 0.2) is 24.3 Å². The fourth-order valence-electron chi connectivity index (χ4n) is 2.45. The maximum absolute atomic E-state index is 11.0. The van der Waals surface area contributed by atoms with Crippen molar-refractivity contribution in [2.24, 2.45) is 0 Å². The Morgan fingerprint density at radius 3 is 2.89 bits per heavy atom. The van der Waals surface area contributed by atoms with E-state index in [0.29, 0.717) is 11.7 Å². The average molecular weight is 249 g/mol. The van der Waals surface area contributed by atoms with Crippen molar-refractivity contribution in [2.45, 2.75) is 25.3 Å². The fraction of sp³-hybridized carbons (Fsp3) is 0.538. The molecule has 1 aliphatic rings. The Morgan fingerprint density at radius 1 is 1.44 bits per heavy atom. The number of rotatable bonds is 4. The fourth-order valence-corrected chi connectivity index (χ4v) is 2.45. The Bertz CT molecular complexity index is 416. The average Bonchev–Trinajstić information content (AvgIpc) is 2.40. The lowest BCUT2D eigenvalue weighted by Crippen LogP contribution is -2.42. The molecular formula is C13H19N3O2. The van der Waals surface area contributed by atoms with Crippen molar-refractivity contribution in [1.29, 1.82) is 0 Å². The third-order valence-corrected chi connectivity index (χ3v) is 3.40. The molecular weight excluding hydrogens is 230 g/mol. The molecule has 0 radical (unpaired) electrons. The zero-order valence-corrected chi connectivity index (χ0v) is 10.6. The van der Waals surface area contributed by atoms with E-state index in [1.165, 1.54) is 12.8 Å². The molecule has 1 atom stereocenters. The van der Waals surface area contributed by atoms with Gasteiger partial charge in [0.15, 0.2) is 0 Å². The number of nitro benzene ring substituents is 1. The van der Waals surface area contributed by atoms with Gasteiger partial charge in [-0.15, -0.1) is 0 Å². The molecule has 1 aromatic rings. The third kappa shape index (κ3) is 2.98. The van der Waals surface area contributed by atoms with Crippen LogP contribution >= 0.6 is 0 Å². The molecule has 0 aromatic heterocycles. The van der Waals surface area contributed by atoms with E-state index in [4.69, 9.17) is 0 Å². The first-order valence-corrected chi connectivity index (χ1v) is 6.36. The van der Waals surface area contributed by atoms with Crippen LogP contribution in [0.4, 0.5) is 11.4 Å². The van der Waals surface area contributed by atoms with Gasteiger partial charge in [-0.05, 0) is 25.5 Å². The highest BCUT2D eigenvalue weighted by atomic mass is 16.6. The second kappa shape index (κ2) is 5.82. The molecule has 5 nitrogen and oxygen atoms in total. The predicted molar refractivity (Wildman–Crippen MR) is 72.0 cm³/mol. The summed E-state index contributed by atoms with van der Waals surface area (Å²) in [6.45, 7) is 1.86. The van der Waals surface area contributed by atoms with Crippen LogP contribution in [0.25, 0.3) is 0 Å². The van der Waals surface area contributed by atoms with Gasteiger partial charge in [0.1, 0.15) is 5.69 Å². The SMILES string of the molecule is CN(CC1CCCCN1)c1ccccc1[N+](=O)[O-]. The molecule has 1 unspecified atom stereocenters. The minimum atomic E-state index is -0.319. The standard InChI is InChI=1S/C13H19N3O2/c1-15(10-11-6-4-5-9-14-11)12-7-2-3-8-13(12)16(17)18/h2-3,7-8,11,14H,4-6,9-10H2,1H3. The molecule has 1 aliphatic heterocycles. The number of benzene rings is 1. The Labute approximate surface area is 107 Å². The largest absolute Gasteiger partial charge is 0.367 e. The number of nitrogens with zero attached hydrogens (tertiary/aromatic N) is 2. The first kappa shape index (κ1) is 12.8. The summed E-state index contributed by atoms with van der Waals surface area (Å²) in [5, 5.41) is 14.4. The van der Waals surface area contributed by atoms with Crippen LogP contribution in [0.2, 0.25) is 0 Å². The smallest absolute Gasteiger partial charge is 0.292 e. The van der Waals surface area contributed by atoms with E-state index in [2.05, 4.69) is 5.32 Å². The summed E-state index contributed by atoms with van der Waals surface area (Å²) in [4.78, 5) is 12.6. The first-order valence-electron chi connectivity index (χ1n) is 6.36. The van der Waals surface area contributed by atoms with Crippen LogP contribution in [0, 0.1) is 10.1 Å². The van der Waals surface area contributed by atoms with Gasteiger partial charge in [-0.3, -0.25) is 10.1 Å². The van der Waals surface area contributed by atoms with Gasteiger partial charge in [0.25, 0.3) is 5.69 Å². The van der Waals surface area contributed by atoms with Gasteiger partial charge in [-0.25, -0.2) is 0 Å². The Morgan fingerprint density at radius 2 is 2.22 bits per heavy atom. The molecule has 0 bridgehead atoms. The van der Waals surface area contributed by atoms with Gasteiger partial charge >= 0.3 is 0 Å². The van der Waals surface area contributed by atoms with Crippen LogP contribution in [-0.2, 0) is 0 Å². The van der Waals surface area contributed by atoms with Crippen molar-refractivity contribution in [3.05, 3.63) is 34.4 Å². The zero-order chi connectivity index (χ0) is 13.0. The number of likely N-dealkylation sites (N-methyl/N-ethyl adjacent to an activating group) is 1. The maximum Gasteiger partial charge on any atom is 0.292 e. The van der Waals surface area contributed by atoms with E-state index in [1.807, 2.05) is 18.0 Å². The Kier molecular flexibility index (Phi) is 4.15. The van der Waals surface area contributed by atoms with Crippen LogP contribution in [-0.4, -0.2) is 31.1 Å². The van der Waals surface area contributed by atoms with Crippen LogP contribution < -0.4 is 10.2 Å². The van der Waals surface area contributed by atoms with Gasteiger partial charge in [-0.1, -0.05) is 18.6 Å². The number of hydrogen-bond donors (Lipinski definition) is 1. The van der Waals surface area contributed by atoms with Gasteiger partial charge < -0.3 is 10.2 Å². The summed E-state index contributed by atoms with van der Waals surface area (Å²) < 4.78 is 0. The van der Waals surface area contributed by atoms with Crippen LogP contribution in [0.5, 0.6) is 0 Å². The summed E-state index contributed by atoms with van der Waals surface area (Å²) >= 11 is 0. The second-order valence-electron chi connectivity index (χ2n) is 4.77. The van der Waals surface area contributed by atoms with Crippen molar-refractivity contribution in [1.82, 2.24) is 5.32 Å². The molecule has 2 rings (SSSR count). The van der Waals surface area contributed by atoms with Crippen molar-refractivity contribution in [2.75, 3.05) is 25.0 Å². The zero-order valence-electron chi connectivity index (χ0n) is 10.6. The third-order valence-electron chi connectivity index (χ3n) is 3.40. The lowest BCUT2D eigenvalue weighted by Gasteiger charge is -2.29. The van der Waals surface area contributed by atoms with Crippen LogP contribution in [0.1, 0.15) is 19.3 Å². The number of anilines is 1. The molecule has 0 spiro atoms. The molecule has 5 heteroatoms. The molecule has 1 aromatic carbocycles. The second-order valence-corrected chi connectivity index (χ2v) is 4.77. The van der Waals surface area contributed by atoms with Crippen molar-refractivity contribution in [3.63, 3.8) is 0 Å². The van der Waals surface area contributed by atoms with Crippen molar-refractivity contribution < 1.29 is 4.92 Å². The number of hydrogen-bond acceptors (Lipinski definition) is 4. The lowest BCUT2D eigenvalue weighted by atomic mass is 10.0. The summed E-state index contributed by atoms with van der Waals surface area (Å²) in [5.74, 6) is 0. The van der Waals surface area contributed by atoms with Crippen molar-refractivity contribution in [3.8, 4) is 0 Å². The van der Waals surface area contributed by atoms with E-state index in [0.717, 1.165) is 19.5 Å². The van der Waals surface area contributed by atoms with E-state index in [1.54, 1.807) is 18.2 Å². The van der Waals surface area contributed by atoms with Gasteiger partial charge in [-0.2, -0.15) is 0 Å². The normalized spacial score (nSPS) is 19.5. The Balaban J connectivity index is 2.08. The van der Waals surface area contributed by atoms with Gasteiger partial charge in [0.2, 0.25) is 0 Å². The number of nitro groups is 1. The Hall–Kier alpha value is -1.62. The number of nitrogens with one attached hydrogen (secondary N) is 1. The summed E-state index contributed by atoms with van der Waals surface area (Å²) in [6, 6.07) is 7.34. The predicted octanol–water partition coefficient (Wildman–Crippen LogP) is 2.17. The first-order chi connectivity index (χ1) is 8.68. The molecule has 18 heavy (non-hydrogen) atoms. The minimum Gasteiger partial charge on any atom is -0.367 e. The minimum absolute atomic E-state index is 0.177. The van der Waals surface area contributed by atoms with E-state index in [9.17, 15) is 10.1 Å². The summed E-state index contributed by atoms with van der Waals surface area (Å²) in [6.07, 6.45) is 3.61. The van der Waals surface area contributed by atoms with Gasteiger partial charge in [0, 0.05) is 25.7 Å². The highest BCUT2D eigenvalue weighted by Gasteiger charge is 2.20. The molecule has 0 saturated carbocycles. The van der Waals surface area contributed by atoms with Crippen molar-refractivity contribution >= 4 is 11.4 Å². The maximum atomic E-state index is 11.0. The molecule has 1 fully saturated rings. The quantitative estimate of drug-likeness (QED) is 0.656. The summed E-state index contributed by atoms with van der Waals surface area (Å²) in [5.41, 5.74) is 0.866. The topological polar surface area (TPSA) is 58.4 Å². The molecule has 98 valence electrons. The highest BCUT2D eigenvalue weighted by molar-refractivity contribution is 5.62. The van der Waals surface area contributed by atoms with Crippen LogP contribution in [0.3, 0.4) is 0 Å². The van der Waals surface area contributed by atoms with E-state index < -0.39 is 0 Å². The number of piperidine rings is 1. The molecule has 1 saturated heterocycles. The monoisotopic (exact) mass is 249 g/mol. The molecule has 1 heterocycles. The molecule has 1 N–H and O–H groups in total. The lowest BCUT2D eigenvalue weighted by molar-refractivity contribution is -0.384.